The molecule has 112 valence electrons. The maximum atomic E-state index is 11.7. The van der Waals surface area contributed by atoms with Gasteiger partial charge in [-0.25, -0.2) is 0 Å². The highest BCUT2D eigenvalue weighted by Crippen LogP contribution is 2.20. The fraction of sp³-hybridized carbons (Fsp3) is 0.909. The summed E-state index contributed by atoms with van der Waals surface area (Å²) in [6.45, 7) is 2.35. The number of carbonyl (C=O) groups is 1. The van der Waals surface area contributed by atoms with Crippen LogP contribution in [0.3, 0.4) is 0 Å². The van der Waals surface area contributed by atoms with Crippen LogP contribution < -0.4 is 5.32 Å². The minimum Gasteiger partial charge on any atom is -0.394 e. The number of carbonyl (C=O) groups excluding carboxylic acids is 1. The Kier molecular flexibility index (Phi) is 5.65. The van der Waals surface area contributed by atoms with E-state index in [2.05, 4.69) is 5.32 Å². The van der Waals surface area contributed by atoms with E-state index in [1.807, 2.05) is 0 Å². The highest BCUT2D eigenvalue weighted by molar-refractivity contribution is 5.79. The van der Waals surface area contributed by atoms with Crippen LogP contribution in [0.5, 0.6) is 0 Å². The lowest BCUT2D eigenvalue weighted by atomic mass is 9.96. The van der Waals surface area contributed by atoms with Crippen molar-refractivity contribution in [1.29, 1.82) is 0 Å². The van der Waals surface area contributed by atoms with Gasteiger partial charge < -0.3 is 35.6 Å². The van der Waals surface area contributed by atoms with Gasteiger partial charge in [-0.3, -0.25) is 4.79 Å². The second-order valence-corrected chi connectivity index (χ2v) is 4.79. The van der Waals surface area contributed by atoms with Crippen molar-refractivity contribution in [3.8, 4) is 0 Å². The first-order chi connectivity index (χ1) is 8.79. The molecule has 0 spiro atoms. The summed E-state index contributed by atoms with van der Waals surface area (Å²) in [5.41, 5.74) is 0. The summed E-state index contributed by atoms with van der Waals surface area (Å²) in [4.78, 5) is 11.7. The number of amides is 1. The molecule has 5 unspecified atom stereocenters. The van der Waals surface area contributed by atoms with Crippen LogP contribution >= 0.6 is 0 Å². The first kappa shape index (κ1) is 16.3. The zero-order valence-corrected chi connectivity index (χ0v) is 10.8. The fourth-order valence-corrected chi connectivity index (χ4v) is 1.77. The number of hydrogen-bond acceptors (Lipinski definition) is 7. The summed E-state index contributed by atoms with van der Waals surface area (Å²) in [5.74, 6) is -1.33. The van der Waals surface area contributed by atoms with Crippen molar-refractivity contribution < 1.29 is 35.1 Å². The zero-order chi connectivity index (χ0) is 14.7. The van der Waals surface area contributed by atoms with Gasteiger partial charge in [-0.1, -0.05) is 6.92 Å². The lowest BCUT2D eigenvalue weighted by molar-refractivity contribution is -0.254. The van der Waals surface area contributed by atoms with E-state index in [1.165, 1.54) is 13.8 Å². The van der Waals surface area contributed by atoms with E-state index < -0.39 is 55.2 Å². The van der Waals surface area contributed by atoms with Gasteiger partial charge in [0.15, 0.2) is 6.29 Å². The molecule has 0 aromatic rings. The zero-order valence-electron chi connectivity index (χ0n) is 10.8. The van der Waals surface area contributed by atoms with Crippen LogP contribution in [-0.4, -0.2) is 74.8 Å². The van der Waals surface area contributed by atoms with Crippen molar-refractivity contribution in [1.82, 2.24) is 5.32 Å². The molecule has 0 radical (unpaired) electrons. The Morgan fingerprint density at radius 1 is 1.26 bits per heavy atom. The van der Waals surface area contributed by atoms with Crippen molar-refractivity contribution in [3.63, 3.8) is 0 Å². The highest BCUT2D eigenvalue weighted by atomic mass is 16.6. The van der Waals surface area contributed by atoms with E-state index in [0.717, 1.165) is 0 Å². The first-order valence-electron chi connectivity index (χ1n) is 6.08. The van der Waals surface area contributed by atoms with Crippen LogP contribution in [-0.2, 0) is 9.53 Å². The predicted octanol–water partition coefficient (Wildman–Crippen LogP) is -3.08. The van der Waals surface area contributed by atoms with Crippen molar-refractivity contribution in [2.75, 3.05) is 6.61 Å². The molecule has 0 bridgehead atoms. The van der Waals surface area contributed by atoms with E-state index in [4.69, 9.17) is 9.84 Å². The van der Waals surface area contributed by atoms with Gasteiger partial charge >= 0.3 is 0 Å². The molecular weight excluding hydrogens is 258 g/mol. The SMILES string of the molecule is CC(O)C(C)C(=O)NC1C(O)[C@H](O)C(CO)O[C@H]1O. The lowest BCUT2D eigenvalue weighted by Gasteiger charge is -2.40. The molecular formula is C11H21NO7. The normalized spacial score (nSPS) is 38.6. The van der Waals surface area contributed by atoms with Gasteiger partial charge in [0.2, 0.25) is 5.91 Å². The molecule has 19 heavy (non-hydrogen) atoms. The van der Waals surface area contributed by atoms with Crippen molar-refractivity contribution in [2.45, 2.75) is 50.6 Å². The van der Waals surface area contributed by atoms with Crippen LogP contribution in [0.4, 0.5) is 0 Å². The molecule has 1 amide bonds. The molecule has 1 saturated heterocycles. The summed E-state index contributed by atoms with van der Waals surface area (Å²) >= 11 is 0. The second-order valence-electron chi connectivity index (χ2n) is 4.79. The minimum absolute atomic E-state index is 0.569. The van der Waals surface area contributed by atoms with E-state index >= 15 is 0 Å². The third kappa shape index (κ3) is 3.62. The van der Waals surface area contributed by atoms with Gasteiger partial charge in [-0.2, -0.15) is 0 Å². The number of nitrogens with one attached hydrogen (secondary N) is 1. The average Bonchev–Trinajstić information content (AvgIpc) is 2.37. The maximum Gasteiger partial charge on any atom is 0.225 e. The Hall–Kier alpha value is -0.770. The Balaban J connectivity index is 2.70. The van der Waals surface area contributed by atoms with Crippen LogP contribution in [0.25, 0.3) is 0 Å². The number of rotatable bonds is 4. The number of hydrogen-bond donors (Lipinski definition) is 6. The van der Waals surface area contributed by atoms with Gasteiger partial charge in [0, 0.05) is 0 Å². The Bertz CT molecular complexity index is 311. The lowest BCUT2D eigenvalue weighted by Crippen LogP contribution is -2.64. The molecule has 1 fully saturated rings. The van der Waals surface area contributed by atoms with E-state index in [1.54, 1.807) is 0 Å². The highest BCUT2D eigenvalue weighted by Gasteiger charge is 2.44. The molecule has 8 nitrogen and oxygen atoms in total. The standard InChI is InChI=1S/C11H21NO7/c1-4(5(2)14)10(17)12-7-9(16)8(15)6(3-13)19-11(7)18/h4-9,11,13-16,18H,3H2,1-2H3,(H,12,17)/t4?,5?,6?,7?,8-,9?,11-/m1/s1. The second kappa shape index (κ2) is 6.60. The number of aliphatic hydroxyl groups excluding tert-OH is 5. The number of ether oxygens (including phenoxy) is 1. The largest absolute Gasteiger partial charge is 0.394 e. The Morgan fingerprint density at radius 2 is 1.84 bits per heavy atom. The molecule has 8 heteroatoms. The van der Waals surface area contributed by atoms with Crippen LogP contribution in [0.15, 0.2) is 0 Å². The van der Waals surface area contributed by atoms with Crippen molar-refractivity contribution in [2.24, 2.45) is 5.92 Å². The minimum atomic E-state index is -1.55. The predicted molar refractivity (Wildman–Crippen MR) is 62.8 cm³/mol. The third-order valence-corrected chi connectivity index (χ3v) is 3.35. The third-order valence-electron chi connectivity index (χ3n) is 3.35. The molecule has 6 N–H and O–H groups in total. The quantitative estimate of drug-likeness (QED) is 0.321. The monoisotopic (exact) mass is 279 g/mol. The van der Waals surface area contributed by atoms with Gasteiger partial charge in [0.1, 0.15) is 24.4 Å². The molecule has 1 aliphatic heterocycles. The van der Waals surface area contributed by atoms with Crippen molar-refractivity contribution >= 4 is 5.91 Å². The van der Waals surface area contributed by atoms with Gasteiger partial charge in [0.25, 0.3) is 0 Å². The summed E-state index contributed by atoms with van der Waals surface area (Å²) in [5, 5.41) is 49.6. The number of aliphatic hydroxyl groups is 5. The molecule has 0 saturated carbocycles. The smallest absolute Gasteiger partial charge is 0.225 e. The van der Waals surface area contributed by atoms with Crippen LogP contribution in [0, 0.1) is 5.92 Å². The molecule has 1 aliphatic rings. The average molecular weight is 279 g/mol. The first-order valence-corrected chi connectivity index (χ1v) is 6.08. The molecule has 0 aliphatic carbocycles. The maximum absolute atomic E-state index is 11.7. The molecule has 0 aromatic heterocycles. The molecule has 0 aromatic carbocycles. The fourth-order valence-electron chi connectivity index (χ4n) is 1.77. The van der Waals surface area contributed by atoms with Crippen LogP contribution in [0.1, 0.15) is 13.8 Å². The summed E-state index contributed by atoms with van der Waals surface area (Å²) < 4.78 is 4.89. The Morgan fingerprint density at radius 3 is 2.32 bits per heavy atom. The molecule has 7 atom stereocenters. The van der Waals surface area contributed by atoms with E-state index in [0.29, 0.717) is 0 Å². The van der Waals surface area contributed by atoms with E-state index in [9.17, 15) is 25.2 Å². The summed E-state index contributed by atoms with van der Waals surface area (Å²) in [6.07, 6.45) is -6.48. The van der Waals surface area contributed by atoms with Gasteiger partial charge in [-0.05, 0) is 6.92 Å². The van der Waals surface area contributed by atoms with Gasteiger partial charge in [0.05, 0.1) is 18.6 Å². The molecule has 1 heterocycles. The van der Waals surface area contributed by atoms with Crippen molar-refractivity contribution in [3.05, 3.63) is 0 Å². The topological polar surface area (TPSA) is 139 Å². The molecule has 1 rings (SSSR count). The Labute approximate surface area is 110 Å². The van der Waals surface area contributed by atoms with Crippen LogP contribution in [0.2, 0.25) is 0 Å². The summed E-state index contributed by atoms with van der Waals surface area (Å²) in [6, 6.07) is -1.23. The summed E-state index contributed by atoms with van der Waals surface area (Å²) in [7, 11) is 0. The van der Waals surface area contributed by atoms with E-state index in [-0.39, 0.29) is 0 Å². The van der Waals surface area contributed by atoms with Gasteiger partial charge in [-0.15, -0.1) is 0 Å².